The van der Waals surface area contributed by atoms with Crippen LogP contribution < -0.4 is 10.2 Å². The molecule has 0 saturated carbocycles. The average Bonchev–Trinajstić information content (AvgIpc) is 2.56. The van der Waals surface area contributed by atoms with Crippen LogP contribution in [0.15, 0.2) is 48.5 Å². The predicted octanol–water partition coefficient (Wildman–Crippen LogP) is 4.37. The van der Waals surface area contributed by atoms with Crippen molar-refractivity contribution in [1.82, 2.24) is 0 Å². The third kappa shape index (κ3) is 4.35. The van der Waals surface area contributed by atoms with E-state index >= 15 is 0 Å². The molecule has 3 heteroatoms. The van der Waals surface area contributed by atoms with Crippen molar-refractivity contribution in [2.75, 3.05) is 16.9 Å². The number of hydrogen-bond donors (Lipinski definition) is 1. The van der Waals surface area contributed by atoms with Gasteiger partial charge >= 0.3 is 0 Å². The first-order chi connectivity index (χ1) is 10.7. The van der Waals surface area contributed by atoms with Gasteiger partial charge in [0.05, 0.1) is 6.67 Å². The van der Waals surface area contributed by atoms with Gasteiger partial charge in [0.15, 0.2) is 0 Å². The van der Waals surface area contributed by atoms with E-state index in [0.717, 1.165) is 24.2 Å². The van der Waals surface area contributed by atoms with Crippen LogP contribution in [-0.2, 0) is 11.2 Å². The summed E-state index contributed by atoms with van der Waals surface area (Å²) >= 11 is 0. The van der Waals surface area contributed by atoms with Crippen molar-refractivity contribution in [2.24, 2.45) is 0 Å². The van der Waals surface area contributed by atoms with Crippen LogP contribution in [0.25, 0.3) is 0 Å². The Morgan fingerprint density at radius 3 is 2.45 bits per heavy atom. The molecule has 1 N–H and O–H groups in total. The van der Waals surface area contributed by atoms with Crippen LogP contribution in [0.5, 0.6) is 0 Å². The van der Waals surface area contributed by atoms with E-state index in [1.807, 2.05) is 30.3 Å². The Labute approximate surface area is 133 Å². The normalized spacial score (nSPS) is 10.3. The monoisotopic (exact) mass is 296 g/mol. The maximum atomic E-state index is 11.4. The zero-order chi connectivity index (χ0) is 15.8. The zero-order valence-electron chi connectivity index (χ0n) is 13.4. The number of amides is 1. The summed E-state index contributed by atoms with van der Waals surface area (Å²) in [7, 11) is 0. The fraction of sp³-hybridized carbons (Fsp3) is 0.316. The second kappa shape index (κ2) is 8.23. The van der Waals surface area contributed by atoms with Crippen molar-refractivity contribution < 1.29 is 4.79 Å². The van der Waals surface area contributed by atoms with Gasteiger partial charge in [-0.15, -0.1) is 0 Å². The number of nitrogens with one attached hydrogen (secondary N) is 1. The standard InChI is InChI=1S/C19H24N2O/c1-3-4-8-17-10-12-18(13-11-17)21(15-22)14-20-19-9-6-5-7-16(19)2/h5-7,9-13,15,20H,3-4,8,14H2,1-2H3. The Balaban J connectivity index is 1.99. The first-order valence-corrected chi connectivity index (χ1v) is 7.85. The van der Waals surface area contributed by atoms with Crippen molar-refractivity contribution in [2.45, 2.75) is 33.1 Å². The molecule has 0 heterocycles. The van der Waals surface area contributed by atoms with Crippen LogP contribution in [-0.4, -0.2) is 13.1 Å². The number of nitrogens with zero attached hydrogens (tertiary/aromatic N) is 1. The van der Waals surface area contributed by atoms with E-state index in [0.29, 0.717) is 6.67 Å². The highest BCUT2D eigenvalue weighted by Crippen LogP contribution is 2.17. The summed E-state index contributed by atoms with van der Waals surface area (Å²) in [5.74, 6) is 0. The SMILES string of the molecule is CCCCc1ccc(N(C=O)CNc2ccccc2C)cc1. The molecule has 2 rings (SSSR count). The minimum atomic E-state index is 0.461. The van der Waals surface area contributed by atoms with Gasteiger partial charge in [0.1, 0.15) is 0 Å². The number of hydrogen-bond acceptors (Lipinski definition) is 2. The lowest BCUT2D eigenvalue weighted by molar-refractivity contribution is -0.107. The Hall–Kier alpha value is -2.29. The molecule has 22 heavy (non-hydrogen) atoms. The van der Waals surface area contributed by atoms with Gasteiger partial charge in [0, 0.05) is 11.4 Å². The summed E-state index contributed by atoms with van der Waals surface area (Å²) in [6.07, 6.45) is 4.36. The third-order valence-electron chi connectivity index (χ3n) is 3.80. The molecule has 1 amide bonds. The molecule has 0 bridgehead atoms. The van der Waals surface area contributed by atoms with Crippen LogP contribution in [0, 0.1) is 6.92 Å². The van der Waals surface area contributed by atoms with Gasteiger partial charge in [0.25, 0.3) is 0 Å². The van der Waals surface area contributed by atoms with Gasteiger partial charge in [0.2, 0.25) is 6.41 Å². The highest BCUT2D eigenvalue weighted by molar-refractivity contribution is 5.75. The second-order valence-corrected chi connectivity index (χ2v) is 5.50. The minimum Gasteiger partial charge on any atom is -0.367 e. The molecule has 0 aliphatic carbocycles. The molecular formula is C19H24N2O. The smallest absolute Gasteiger partial charge is 0.215 e. The number of aryl methyl sites for hydroxylation is 2. The minimum absolute atomic E-state index is 0.461. The number of benzene rings is 2. The van der Waals surface area contributed by atoms with Crippen LogP contribution >= 0.6 is 0 Å². The van der Waals surface area contributed by atoms with Gasteiger partial charge in [-0.2, -0.15) is 0 Å². The van der Waals surface area contributed by atoms with Crippen molar-refractivity contribution in [3.8, 4) is 0 Å². The third-order valence-corrected chi connectivity index (χ3v) is 3.80. The van der Waals surface area contributed by atoms with Crippen LogP contribution in [0.2, 0.25) is 0 Å². The van der Waals surface area contributed by atoms with E-state index in [9.17, 15) is 4.79 Å². The predicted molar refractivity (Wildman–Crippen MR) is 93.3 cm³/mol. The molecule has 0 aliphatic heterocycles. The number of unbranched alkanes of at least 4 members (excludes halogenated alkanes) is 1. The average molecular weight is 296 g/mol. The summed E-state index contributed by atoms with van der Waals surface area (Å²) in [6, 6.07) is 16.3. The molecule has 0 atom stereocenters. The highest BCUT2D eigenvalue weighted by Gasteiger charge is 2.05. The molecule has 0 radical (unpaired) electrons. The largest absolute Gasteiger partial charge is 0.367 e. The molecule has 0 aromatic heterocycles. The first kappa shape index (κ1) is 16.1. The van der Waals surface area contributed by atoms with Gasteiger partial charge in [-0.25, -0.2) is 0 Å². The van der Waals surface area contributed by atoms with Crippen molar-refractivity contribution in [3.63, 3.8) is 0 Å². The number of carbonyl (C=O) groups is 1. The highest BCUT2D eigenvalue weighted by atomic mass is 16.1. The van der Waals surface area contributed by atoms with Crippen molar-refractivity contribution >= 4 is 17.8 Å². The first-order valence-electron chi connectivity index (χ1n) is 7.85. The van der Waals surface area contributed by atoms with Gasteiger partial charge in [-0.3, -0.25) is 9.69 Å². The quantitative estimate of drug-likeness (QED) is 0.579. The van der Waals surface area contributed by atoms with Crippen molar-refractivity contribution in [1.29, 1.82) is 0 Å². The molecule has 0 saturated heterocycles. The molecule has 0 aliphatic rings. The topological polar surface area (TPSA) is 32.3 Å². The summed E-state index contributed by atoms with van der Waals surface area (Å²) < 4.78 is 0. The van der Waals surface area contributed by atoms with E-state index < -0.39 is 0 Å². The fourth-order valence-corrected chi connectivity index (χ4v) is 2.37. The number of carbonyl (C=O) groups excluding carboxylic acids is 1. The molecule has 0 spiro atoms. The molecule has 0 unspecified atom stereocenters. The van der Waals surface area contributed by atoms with E-state index in [-0.39, 0.29) is 0 Å². The Kier molecular flexibility index (Phi) is 6.01. The summed E-state index contributed by atoms with van der Waals surface area (Å²) in [4.78, 5) is 13.0. The van der Waals surface area contributed by atoms with Gasteiger partial charge in [-0.1, -0.05) is 43.7 Å². The molecule has 3 nitrogen and oxygen atoms in total. The van der Waals surface area contributed by atoms with E-state index in [1.165, 1.54) is 24.0 Å². The molecule has 2 aromatic carbocycles. The van der Waals surface area contributed by atoms with Crippen LogP contribution in [0.3, 0.4) is 0 Å². The Morgan fingerprint density at radius 1 is 1.09 bits per heavy atom. The van der Waals surface area contributed by atoms with Gasteiger partial charge in [-0.05, 0) is 49.1 Å². The summed E-state index contributed by atoms with van der Waals surface area (Å²) in [6.45, 7) is 4.71. The van der Waals surface area contributed by atoms with E-state index in [2.05, 4.69) is 37.4 Å². The lowest BCUT2D eigenvalue weighted by atomic mass is 10.1. The number of para-hydroxylation sites is 1. The Bertz CT molecular complexity index is 593. The molecule has 2 aromatic rings. The molecule has 0 fully saturated rings. The second-order valence-electron chi connectivity index (χ2n) is 5.50. The van der Waals surface area contributed by atoms with Crippen LogP contribution in [0.1, 0.15) is 30.9 Å². The lowest BCUT2D eigenvalue weighted by Crippen LogP contribution is -2.27. The summed E-state index contributed by atoms with van der Waals surface area (Å²) in [5, 5.41) is 3.31. The number of anilines is 2. The maximum absolute atomic E-state index is 11.4. The van der Waals surface area contributed by atoms with Crippen molar-refractivity contribution in [3.05, 3.63) is 59.7 Å². The molecular weight excluding hydrogens is 272 g/mol. The zero-order valence-corrected chi connectivity index (χ0v) is 13.4. The van der Waals surface area contributed by atoms with Crippen LogP contribution in [0.4, 0.5) is 11.4 Å². The Morgan fingerprint density at radius 2 is 1.82 bits per heavy atom. The summed E-state index contributed by atoms with van der Waals surface area (Å²) in [5.41, 5.74) is 4.46. The lowest BCUT2D eigenvalue weighted by Gasteiger charge is -2.20. The van der Waals surface area contributed by atoms with E-state index in [4.69, 9.17) is 0 Å². The molecule has 116 valence electrons. The maximum Gasteiger partial charge on any atom is 0.215 e. The number of rotatable bonds is 8. The fourth-order valence-electron chi connectivity index (χ4n) is 2.37. The van der Waals surface area contributed by atoms with Gasteiger partial charge < -0.3 is 5.32 Å². The van der Waals surface area contributed by atoms with E-state index in [1.54, 1.807) is 4.90 Å².